The molecular weight excluding hydrogens is 626 g/mol. The van der Waals surface area contributed by atoms with Crippen molar-refractivity contribution in [3.63, 3.8) is 0 Å². The highest BCUT2D eigenvalue weighted by Crippen LogP contribution is 2.69. The van der Waals surface area contributed by atoms with Gasteiger partial charge >= 0.3 is 6.01 Å². The number of phenolic OH excluding ortho intramolecular Hbond substituents is 1. The van der Waals surface area contributed by atoms with Crippen molar-refractivity contribution in [3.8, 4) is 23.0 Å². The molecule has 9 rings (SSSR count). The molecule has 1 aliphatic carbocycles. The topological polar surface area (TPSA) is 83.8 Å². The van der Waals surface area contributed by atoms with Gasteiger partial charge in [0.25, 0.3) is 5.92 Å². The van der Waals surface area contributed by atoms with Crippen LogP contribution in [0.3, 0.4) is 0 Å². The largest absolute Gasteiger partial charge is 0.508 e. The third kappa shape index (κ3) is 4.43. The zero-order valence-corrected chi connectivity index (χ0v) is 26.8. The standard InChI is InChI=1S/C36H37F4N5O3/c1-2-23-26(37)6-5-21-13-22(46)14-24(27(21)23)29-28(38)30-25(15-41-29)31(44-10-4-8-35(19-44)9-12-48-35)43-32(42-30)47-20-34-7-3-11-45(34)18-33(16-34)17-36(33,39)40/h5-6,13-15,46H,2-4,7-12,16-20H2,1H3/t33-,34-,35-/m0/s1. The average Bonchev–Trinajstić information content (AvgIpc) is 3.27. The second-order valence-electron chi connectivity index (χ2n) is 14.7. The second-order valence-corrected chi connectivity index (χ2v) is 14.7. The SMILES string of the molecule is CCc1c(F)ccc2cc(O)cc(-c3ncc4c(N5CCC[C@]6(CCO6)C5)nc(OC[C@@]56CCCN5C[C@@]5(CC5(F)F)C6)nc4c3F)c12. The summed E-state index contributed by atoms with van der Waals surface area (Å²) >= 11 is 0. The van der Waals surface area contributed by atoms with Gasteiger partial charge in [-0.3, -0.25) is 9.88 Å². The molecule has 0 radical (unpaired) electrons. The van der Waals surface area contributed by atoms with E-state index in [1.165, 1.54) is 24.4 Å². The molecule has 6 heterocycles. The van der Waals surface area contributed by atoms with Crippen molar-refractivity contribution in [3.05, 3.63) is 47.7 Å². The summed E-state index contributed by atoms with van der Waals surface area (Å²) in [6.45, 7) is 4.98. The van der Waals surface area contributed by atoms with Crippen molar-refractivity contribution in [2.75, 3.05) is 44.3 Å². The lowest BCUT2D eigenvalue weighted by atomic mass is 9.86. The van der Waals surface area contributed by atoms with E-state index in [-0.39, 0.29) is 47.2 Å². The quantitative estimate of drug-likeness (QED) is 0.226. The van der Waals surface area contributed by atoms with Crippen LogP contribution in [-0.2, 0) is 11.2 Å². The first-order valence-corrected chi connectivity index (χ1v) is 17.0. The molecule has 1 saturated carbocycles. The number of hydrogen-bond acceptors (Lipinski definition) is 8. The van der Waals surface area contributed by atoms with Gasteiger partial charge in [-0.2, -0.15) is 9.97 Å². The van der Waals surface area contributed by atoms with Gasteiger partial charge in [0.05, 0.1) is 28.5 Å². The first kappa shape index (κ1) is 30.3. The van der Waals surface area contributed by atoms with Crippen LogP contribution in [0.15, 0.2) is 30.5 Å². The number of halogens is 4. The van der Waals surface area contributed by atoms with Crippen molar-refractivity contribution in [1.82, 2.24) is 19.9 Å². The molecule has 5 aliphatic rings. The third-order valence-electron chi connectivity index (χ3n) is 11.8. The highest BCUT2D eigenvalue weighted by atomic mass is 19.3. The summed E-state index contributed by atoms with van der Waals surface area (Å²) in [5, 5.41) is 12.0. The van der Waals surface area contributed by atoms with E-state index in [1.807, 2.05) is 6.92 Å². The fraction of sp³-hybridized carbons (Fsp3) is 0.528. The monoisotopic (exact) mass is 663 g/mol. The predicted molar refractivity (Wildman–Crippen MR) is 172 cm³/mol. The molecule has 0 unspecified atom stereocenters. The summed E-state index contributed by atoms with van der Waals surface area (Å²) in [6, 6.07) is 5.79. The second kappa shape index (κ2) is 10.4. The van der Waals surface area contributed by atoms with E-state index >= 15 is 8.78 Å². The van der Waals surface area contributed by atoms with Crippen molar-refractivity contribution in [2.24, 2.45) is 5.41 Å². The number of alkyl halides is 2. The van der Waals surface area contributed by atoms with Crippen molar-refractivity contribution in [2.45, 2.75) is 75.4 Å². The van der Waals surface area contributed by atoms with Gasteiger partial charge in [0, 0.05) is 44.2 Å². The van der Waals surface area contributed by atoms with Crippen LogP contribution in [0, 0.1) is 17.0 Å². The van der Waals surface area contributed by atoms with Crippen LogP contribution in [0.25, 0.3) is 32.9 Å². The fourth-order valence-corrected chi connectivity index (χ4v) is 9.19. The van der Waals surface area contributed by atoms with Crippen molar-refractivity contribution < 1.29 is 32.1 Å². The number of phenols is 1. The van der Waals surface area contributed by atoms with Gasteiger partial charge in [-0.15, -0.1) is 0 Å². The molecule has 48 heavy (non-hydrogen) atoms. The maximum Gasteiger partial charge on any atom is 0.319 e. The number of aryl methyl sites for hydroxylation is 1. The molecule has 3 atom stereocenters. The molecule has 1 N–H and O–H groups in total. The molecule has 0 amide bonds. The van der Waals surface area contributed by atoms with Crippen molar-refractivity contribution in [1.29, 1.82) is 0 Å². The number of piperidine rings is 1. The molecule has 0 bridgehead atoms. The normalized spacial score (nSPS) is 29.2. The molecule has 4 aliphatic heterocycles. The lowest BCUT2D eigenvalue weighted by Gasteiger charge is -2.48. The molecule has 252 valence electrons. The Hall–Kier alpha value is -3.77. The molecule has 12 heteroatoms. The minimum atomic E-state index is -2.66. The van der Waals surface area contributed by atoms with Crippen molar-refractivity contribution >= 4 is 27.5 Å². The maximum atomic E-state index is 16.9. The van der Waals surface area contributed by atoms with Crippen LogP contribution in [0.4, 0.5) is 23.4 Å². The van der Waals surface area contributed by atoms with Gasteiger partial charge in [0.1, 0.15) is 35.2 Å². The van der Waals surface area contributed by atoms with Gasteiger partial charge in [-0.25, -0.2) is 17.6 Å². The Morgan fingerprint density at radius 1 is 1.02 bits per heavy atom. The first-order valence-electron chi connectivity index (χ1n) is 17.0. The Morgan fingerprint density at radius 2 is 1.83 bits per heavy atom. The predicted octanol–water partition coefficient (Wildman–Crippen LogP) is 6.79. The van der Waals surface area contributed by atoms with Crippen LogP contribution < -0.4 is 9.64 Å². The molecule has 8 nitrogen and oxygen atoms in total. The Morgan fingerprint density at radius 3 is 2.58 bits per heavy atom. The number of ether oxygens (including phenoxy) is 2. The number of hydrogen-bond donors (Lipinski definition) is 1. The number of fused-ring (bicyclic) bond motifs is 3. The highest BCUT2D eigenvalue weighted by molar-refractivity contribution is 6.01. The Balaban J connectivity index is 1.16. The van der Waals surface area contributed by atoms with E-state index < -0.39 is 28.5 Å². The molecular formula is C36H37F4N5O3. The summed E-state index contributed by atoms with van der Waals surface area (Å²) in [4.78, 5) is 18.2. The molecule has 5 fully saturated rings. The van der Waals surface area contributed by atoms with E-state index in [9.17, 15) is 13.9 Å². The minimum Gasteiger partial charge on any atom is -0.508 e. The molecule has 2 aromatic carbocycles. The summed E-state index contributed by atoms with van der Waals surface area (Å²) in [5.74, 6) is -3.46. The van der Waals surface area contributed by atoms with Gasteiger partial charge in [-0.1, -0.05) is 13.0 Å². The summed E-state index contributed by atoms with van der Waals surface area (Å²) in [6.07, 6.45) is 6.49. The summed E-state index contributed by atoms with van der Waals surface area (Å²) < 4.78 is 73.2. The molecule has 2 spiro atoms. The van der Waals surface area contributed by atoms with E-state index in [0.717, 1.165) is 38.6 Å². The molecule has 4 saturated heterocycles. The lowest BCUT2D eigenvalue weighted by molar-refractivity contribution is -0.151. The summed E-state index contributed by atoms with van der Waals surface area (Å²) in [7, 11) is 0. The molecule has 2 aromatic heterocycles. The number of aromatic hydroxyl groups is 1. The van der Waals surface area contributed by atoms with Crippen LogP contribution in [0.1, 0.15) is 57.4 Å². The van der Waals surface area contributed by atoms with Crippen LogP contribution >= 0.6 is 0 Å². The zero-order valence-electron chi connectivity index (χ0n) is 26.8. The highest BCUT2D eigenvalue weighted by Gasteiger charge is 2.77. The van der Waals surface area contributed by atoms with Crippen LogP contribution in [0.2, 0.25) is 0 Å². The number of rotatable bonds is 6. The maximum absolute atomic E-state index is 16.9. The summed E-state index contributed by atoms with van der Waals surface area (Å²) in [5.41, 5.74) is -1.26. The fourth-order valence-electron chi connectivity index (χ4n) is 9.19. The number of aromatic nitrogens is 3. The number of nitrogens with zero attached hydrogens (tertiary/aromatic N) is 5. The number of benzene rings is 2. The van der Waals surface area contributed by atoms with E-state index in [2.05, 4.69) is 19.8 Å². The third-order valence-corrected chi connectivity index (χ3v) is 11.8. The number of anilines is 1. The van der Waals surface area contributed by atoms with E-state index in [1.54, 1.807) is 6.07 Å². The van der Waals surface area contributed by atoms with Crippen LogP contribution in [-0.4, -0.2) is 81.4 Å². The lowest BCUT2D eigenvalue weighted by Crippen LogP contribution is -2.56. The van der Waals surface area contributed by atoms with Gasteiger partial charge in [0.2, 0.25) is 0 Å². The Labute approximate surface area is 275 Å². The zero-order chi connectivity index (χ0) is 33.1. The van der Waals surface area contributed by atoms with E-state index in [0.29, 0.717) is 66.6 Å². The smallest absolute Gasteiger partial charge is 0.319 e. The van der Waals surface area contributed by atoms with Gasteiger partial charge in [-0.05, 0) is 79.6 Å². The van der Waals surface area contributed by atoms with Gasteiger partial charge in [0.15, 0.2) is 5.82 Å². The number of pyridine rings is 1. The first-order chi connectivity index (χ1) is 23.0. The average molecular weight is 664 g/mol. The van der Waals surface area contributed by atoms with Crippen LogP contribution in [0.5, 0.6) is 11.8 Å². The molecule has 4 aromatic rings. The van der Waals surface area contributed by atoms with Gasteiger partial charge < -0.3 is 19.5 Å². The Bertz CT molecular complexity index is 1990. The van der Waals surface area contributed by atoms with E-state index in [4.69, 9.17) is 14.5 Å². The Kier molecular flexibility index (Phi) is 6.55. The minimum absolute atomic E-state index is 0.0162.